The van der Waals surface area contributed by atoms with Crippen LogP contribution >= 0.6 is 27.3 Å². The predicted octanol–water partition coefficient (Wildman–Crippen LogP) is 22.4. The first-order valence-electron chi connectivity index (χ1n) is 27.7. The second-order valence-corrected chi connectivity index (χ2v) is 27.8. The van der Waals surface area contributed by atoms with Crippen molar-refractivity contribution in [2.75, 3.05) is 9.80 Å². The quantitative estimate of drug-likeness (QED) is 0.150. The molecule has 0 saturated heterocycles. The Bertz CT molecular complexity index is 3600. The first-order valence-corrected chi connectivity index (χ1v) is 29.4. The average Bonchev–Trinajstić information content (AvgIpc) is 3.93. The Kier molecular flexibility index (Phi) is 13.2. The molecule has 1 heterocycles. The number of hydrogen-bond acceptors (Lipinski definition) is 3. The molecule has 0 unspecified atom stereocenters. The molecule has 0 atom stereocenters. The molecule has 2 nitrogen and oxygen atoms in total. The van der Waals surface area contributed by atoms with Crippen molar-refractivity contribution in [2.24, 2.45) is 0 Å². The molecule has 0 amide bonds. The molecule has 11 rings (SSSR count). The number of nitrogens with zero attached hydrogens (tertiary/aromatic N) is 2. The number of thiophene rings is 1. The molecule has 76 heavy (non-hydrogen) atoms. The van der Waals surface area contributed by atoms with Gasteiger partial charge in [-0.2, -0.15) is 0 Å². The van der Waals surface area contributed by atoms with Gasteiger partial charge in [0.1, 0.15) is 0 Å². The van der Waals surface area contributed by atoms with E-state index in [0.29, 0.717) is 0 Å². The molecule has 1 aromatic heterocycles. The minimum atomic E-state index is -0.0240. The highest BCUT2D eigenvalue weighted by molar-refractivity contribution is 9.10. The van der Waals surface area contributed by atoms with E-state index >= 15 is 0 Å². The predicted molar refractivity (Wildman–Crippen MR) is 334 cm³/mol. The summed E-state index contributed by atoms with van der Waals surface area (Å²) < 4.78 is 2.34. The van der Waals surface area contributed by atoms with Crippen LogP contribution in [0.15, 0.2) is 180 Å². The maximum absolute atomic E-state index is 4.20. The molecule has 0 radical (unpaired) electrons. The number of anilines is 6. The second kappa shape index (κ2) is 19.4. The Hall–Kier alpha value is -6.20. The molecule has 9 aromatic rings. The zero-order valence-electron chi connectivity index (χ0n) is 47.0. The van der Waals surface area contributed by atoms with Crippen LogP contribution < -0.4 is 9.80 Å². The zero-order valence-corrected chi connectivity index (χ0v) is 49.4. The highest BCUT2D eigenvalue weighted by Gasteiger charge is 2.45. The Labute approximate surface area is 467 Å². The summed E-state index contributed by atoms with van der Waals surface area (Å²) in [5.74, 6) is 0. The number of rotatable bonds is 8. The van der Waals surface area contributed by atoms with Crippen molar-refractivity contribution >= 4 is 71.5 Å². The highest BCUT2D eigenvalue weighted by atomic mass is 79.9. The fraction of sp³-hybridized carbons (Fsp3) is 0.306. The van der Waals surface area contributed by atoms with E-state index in [9.17, 15) is 0 Å². The van der Waals surface area contributed by atoms with Gasteiger partial charge in [-0.05, 0) is 172 Å². The molecule has 2 aliphatic carbocycles. The lowest BCUT2D eigenvalue weighted by Crippen LogP contribution is -2.28. The van der Waals surface area contributed by atoms with Crippen molar-refractivity contribution in [1.29, 1.82) is 0 Å². The molecular weight excluding hydrogens is 1000 g/mol. The van der Waals surface area contributed by atoms with Gasteiger partial charge in [-0.25, -0.2) is 0 Å². The minimum absolute atomic E-state index is 0.00682. The lowest BCUT2D eigenvalue weighted by Gasteiger charge is -2.36. The van der Waals surface area contributed by atoms with E-state index in [1.54, 1.807) is 0 Å². The van der Waals surface area contributed by atoms with Gasteiger partial charge in [-0.15, -0.1) is 11.3 Å². The summed E-state index contributed by atoms with van der Waals surface area (Å²) >= 11 is 6.05. The van der Waals surface area contributed by atoms with Crippen LogP contribution in [-0.4, -0.2) is 0 Å². The standard InChI is InChI=1S/C72H75BrN2S/c1-68(2,3)51-29-23-47(24-30-51)48-27-35-55(36-28-48)74(63-37-33-54(44-62(63)73)71(10,11)12)56-41-50(49-25-31-52(32-26-49)69(4,5)6)42-57(45-56)75(65-46-76-66-38-34-53(43-59(65)66)70(7,8)9)64-22-18-21-61-67(64)58-19-14-15-20-60(58)72(61)39-16-13-17-40-72/h14-15,18-38,41-46H,13,16-17,39-40H2,1-12H3. The van der Waals surface area contributed by atoms with Gasteiger partial charge >= 0.3 is 0 Å². The van der Waals surface area contributed by atoms with Crippen molar-refractivity contribution in [2.45, 2.75) is 142 Å². The topological polar surface area (TPSA) is 6.48 Å². The lowest BCUT2D eigenvalue weighted by molar-refractivity contribution is 0.353. The number of hydrogen-bond donors (Lipinski definition) is 0. The van der Waals surface area contributed by atoms with Gasteiger partial charge < -0.3 is 9.80 Å². The van der Waals surface area contributed by atoms with Gasteiger partial charge in [0, 0.05) is 48.0 Å². The molecular formula is C72H75BrN2S. The normalized spacial score (nSPS) is 14.5. The van der Waals surface area contributed by atoms with Gasteiger partial charge in [0.25, 0.3) is 0 Å². The maximum atomic E-state index is 4.20. The van der Waals surface area contributed by atoms with E-state index < -0.39 is 0 Å². The van der Waals surface area contributed by atoms with Crippen molar-refractivity contribution in [3.8, 4) is 33.4 Å². The van der Waals surface area contributed by atoms with E-state index in [-0.39, 0.29) is 27.1 Å². The van der Waals surface area contributed by atoms with Gasteiger partial charge in [0.05, 0.1) is 17.1 Å². The van der Waals surface area contributed by atoms with Crippen LogP contribution in [0.1, 0.15) is 149 Å². The number of benzene rings is 8. The molecule has 8 aromatic carbocycles. The first-order chi connectivity index (χ1) is 36.1. The molecule has 0 bridgehead atoms. The fourth-order valence-corrected chi connectivity index (χ4v) is 13.6. The molecule has 386 valence electrons. The lowest BCUT2D eigenvalue weighted by atomic mass is 9.68. The number of fused-ring (bicyclic) bond motifs is 6. The van der Waals surface area contributed by atoms with Crippen LogP contribution in [0, 0.1) is 0 Å². The van der Waals surface area contributed by atoms with E-state index in [1.807, 2.05) is 11.3 Å². The van der Waals surface area contributed by atoms with Gasteiger partial charge in [0.2, 0.25) is 0 Å². The molecule has 2 aliphatic rings. The Morgan fingerprint density at radius 3 is 1.51 bits per heavy atom. The highest BCUT2D eigenvalue weighted by Crippen LogP contribution is 2.60. The summed E-state index contributed by atoms with van der Waals surface area (Å²) in [5.41, 5.74) is 22.6. The maximum Gasteiger partial charge on any atom is 0.0647 e. The number of halogens is 1. The van der Waals surface area contributed by atoms with E-state index in [1.165, 1.54) is 115 Å². The third-order valence-corrected chi connectivity index (χ3v) is 18.2. The summed E-state index contributed by atoms with van der Waals surface area (Å²) in [6.45, 7) is 27.6. The molecule has 1 spiro atoms. The van der Waals surface area contributed by atoms with Crippen LogP contribution in [0.25, 0.3) is 43.5 Å². The Morgan fingerprint density at radius 1 is 0.408 bits per heavy atom. The Balaban J connectivity index is 1.20. The van der Waals surface area contributed by atoms with Crippen LogP contribution in [0.2, 0.25) is 0 Å². The fourth-order valence-electron chi connectivity index (χ4n) is 12.2. The summed E-state index contributed by atoms with van der Waals surface area (Å²) in [5, 5.41) is 3.70. The summed E-state index contributed by atoms with van der Waals surface area (Å²) in [4.78, 5) is 5.11. The van der Waals surface area contributed by atoms with Gasteiger partial charge in [-0.1, -0.05) is 212 Å². The zero-order chi connectivity index (χ0) is 53.5. The minimum Gasteiger partial charge on any atom is -0.309 e. The largest absolute Gasteiger partial charge is 0.309 e. The summed E-state index contributed by atoms with van der Waals surface area (Å²) in [7, 11) is 0. The van der Waals surface area contributed by atoms with Crippen molar-refractivity contribution in [3.63, 3.8) is 0 Å². The van der Waals surface area contributed by atoms with E-state index in [0.717, 1.165) is 32.8 Å². The summed E-state index contributed by atoms with van der Waals surface area (Å²) in [6.07, 6.45) is 6.16. The van der Waals surface area contributed by atoms with E-state index in [2.05, 4.69) is 284 Å². The third-order valence-electron chi connectivity index (χ3n) is 16.6. The van der Waals surface area contributed by atoms with Gasteiger partial charge in [-0.3, -0.25) is 0 Å². The molecule has 4 heteroatoms. The van der Waals surface area contributed by atoms with Crippen LogP contribution in [-0.2, 0) is 27.1 Å². The molecule has 0 aliphatic heterocycles. The average molecular weight is 1080 g/mol. The second-order valence-electron chi connectivity index (χ2n) is 26.0. The first kappa shape index (κ1) is 51.9. The van der Waals surface area contributed by atoms with Crippen LogP contribution in [0.5, 0.6) is 0 Å². The van der Waals surface area contributed by atoms with Crippen molar-refractivity contribution in [1.82, 2.24) is 0 Å². The molecule has 1 fully saturated rings. The van der Waals surface area contributed by atoms with Crippen LogP contribution in [0.4, 0.5) is 34.1 Å². The monoisotopic (exact) mass is 1080 g/mol. The molecule has 0 N–H and O–H groups in total. The van der Waals surface area contributed by atoms with Crippen molar-refractivity contribution < 1.29 is 0 Å². The van der Waals surface area contributed by atoms with Crippen molar-refractivity contribution in [3.05, 3.63) is 213 Å². The summed E-state index contributed by atoms with van der Waals surface area (Å²) in [6, 6.07) is 65.7. The smallest absolute Gasteiger partial charge is 0.0647 e. The van der Waals surface area contributed by atoms with E-state index in [4.69, 9.17) is 0 Å². The third kappa shape index (κ3) is 9.57. The van der Waals surface area contributed by atoms with Crippen LogP contribution in [0.3, 0.4) is 0 Å². The SMILES string of the molecule is CC(C)(C)c1ccc(-c2ccc(N(c3cc(-c4ccc(C(C)(C)C)cc4)cc(N(c4cccc5c4-c4ccccc4C54CCCCC4)c4csc5ccc(C(C)(C)C)cc45)c3)c3ccc(C(C)(C)C)cc3Br)cc2)cc1. The molecule has 1 saturated carbocycles. The van der Waals surface area contributed by atoms with Gasteiger partial charge in [0.15, 0.2) is 0 Å². The Morgan fingerprint density at radius 2 is 0.921 bits per heavy atom.